The minimum atomic E-state index is -0.669. The van der Waals surface area contributed by atoms with Gasteiger partial charge in [-0.2, -0.15) is 0 Å². The van der Waals surface area contributed by atoms with Crippen LogP contribution in [0, 0.1) is 27.2 Å². The molecule has 0 aliphatic rings. The van der Waals surface area contributed by atoms with E-state index in [0.29, 0.717) is 28.0 Å². The summed E-state index contributed by atoms with van der Waals surface area (Å²) in [6, 6.07) is 16.4. The average Bonchev–Trinajstić information content (AvgIpc) is 3.17. The SMILES string of the molecule is Cc1cc(-n2c(-c3cc([N+](=O)[O-])cc([N+](=O)[O-])c3)nc3nc4ccccc4nc32)ccc1Br. The Bertz CT molecular complexity index is 1580. The van der Waals surface area contributed by atoms with E-state index in [1.165, 1.54) is 12.1 Å². The maximum atomic E-state index is 11.5. The highest BCUT2D eigenvalue weighted by Gasteiger charge is 2.23. The smallest absolute Gasteiger partial charge is 0.275 e. The first-order valence-electron chi connectivity index (χ1n) is 9.68. The van der Waals surface area contributed by atoms with Crippen LogP contribution in [0.5, 0.6) is 0 Å². The monoisotopic (exact) mass is 504 g/mol. The van der Waals surface area contributed by atoms with Crippen molar-refractivity contribution in [3.8, 4) is 17.1 Å². The van der Waals surface area contributed by atoms with Gasteiger partial charge in [0.2, 0.25) is 0 Å². The molecule has 0 radical (unpaired) electrons. The van der Waals surface area contributed by atoms with Crippen molar-refractivity contribution in [2.75, 3.05) is 0 Å². The molecule has 0 saturated carbocycles. The van der Waals surface area contributed by atoms with Gasteiger partial charge in [0.1, 0.15) is 5.82 Å². The predicted octanol–water partition coefficient (Wildman–Crippen LogP) is 5.52. The van der Waals surface area contributed by atoms with E-state index in [1.807, 2.05) is 49.4 Å². The molecule has 5 aromatic rings. The zero-order chi connectivity index (χ0) is 23.3. The van der Waals surface area contributed by atoms with Crippen molar-refractivity contribution in [2.24, 2.45) is 0 Å². The van der Waals surface area contributed by atoms with E-state index in [2.05, 4.69) is 25.9 Å². The van der Waals surface area contributed by atoms with Gasteiger partial charge in [-0.05, 0) is 42.8 Å². The predicted molar refractivity (Wildman–Crippen MR) is 125 cm³/mol. The summed E-state index contributed by atoms with van der Waals surface area (Å²) < 4.78 is 2.61. The second-order valence-electron chi connectivity index (χ2n) is 7.32. The molecule has 162 valence electrons. The van der Waals surface area contributed by atoms with Crippen LogP contribution in [0.25, 0.3) is 39.4 Å². The Kier molecular flexibility index (Phi) is 4.82. The molecule has 0 unspecified atom stereocenters. The number of hydrogen-bond donors (Lipinski definition) is 0. The van der Waals surface area contributed by atoms with E-state index in [9.17, 15) is 20.2 Å². The number of benzene rings is 3. The van der Waals surface area contributed by atoms with Crippen LogP contribution in [0.2, 0.25) is 0 Å². The van der Waals surface area contributed by atoms with Crippen LogP contribution in [-0.2, 0) is 0 Å². The molecule has 2 aromatic heterocycles. The van der Waals surface area contributed by atoms with Crippen LogP contribution >= 0.6 is 15.9 Å². The molecule has 3 aromatic carbocycles. The molecular weight excluding hydrogens is 492 g/mol. The first-order chi connectivity index (χ1) is 15.8. The van der Waals surface area contributed by atoms with Gasteiger partial charge in [-0.3, -0.25) is 24.8 Å². The highest BCUT2D eigenvalue weighted by atomic mass is 79.9. The minimum absolute atomic E-state index is 0.209. The number of para-hydroxylation sites is 2. The van der Waals surface area contributed by atoms with E-state index in [-0.39, 0.29) is 11.4 Å². The maximum Gasteiger partial charge on any atom is 0.277 e. The van der Waals surface area contributed by atoms with Crippen LogP contribution in [0.1, 0.15) is 5.56 Å². The van der Waals surface area contributed by atoms with E-state index < -0.39 is 21.2 Å². The molecule has 11 heteroatoms. The quantitative estimate of drug-likeness (QED) is 0.232. The summed E-state index contributed by atoms with van der Waals surface area (Å²) >= 11 is 3.49. The van der Waals surface area contributed by atoms with E-state index in [1.54, 1.807) is 4.57 Å². The Morgan fingerprint density at radius 1 is 0.848 bits per heavy atom. The van der Waals surface area contributed by atoms with Gasteiger partial charge >= 0.3 is 0 Å². The number of hydrogen-bond acceptors (Lipinski definition) is 7. The largest absolute Gasteiger partial charge is 0.277 e. The van der Waals surface area contributed by atoms with Crippen molar-refractivity contribution in [1.82, 2.24) is 19.5 Å². The van der Waals surface area contributed by atoms with Crippen LogP contribution in [0.3, 0.4) is 0 Å². The number of imidazole rings is 1. The third-order valence-corrected chi connectivity index (χ3v) is 6.04. The summed E-state index contributed by atoms with van der Waals surface area (Å²) in [6.45, 7) is 1.92. The van der Waals surface area contributed by atoms with Gasteiger partial charge in [0.05, 0.1) is 26.9 Å². The third-order valence-electron chi connectivity index (χ3n) is 5.15. The lowest BCUT2D eigenvalue weighted by Crippen LogP contribution is -2.01. The van der Waals surface area contributed by atoms with Gasteiger partial charge in [0.25, 0.3) is 11.4 Å². The summed E-state index contributed by atoms with van der Waals surface area (Å²) in [5.74, 6) is 0.258. The summed E-state index contributed by atoms with van der Waals surface area (Å²) in [5.41, 5.74) is 3.06. The molecule has 0 bridgehead atoms. The fourth-order valence-corrected chi connectivity index (χ4v) is 3.84. The molecule has 0 spiro atoms. The normalized spacial score (nSPS) is 11.2. The molecule has 0 amide bonds. The fourth-order valence-electron chi connectivity index (χ4n) is 3.60. The average molecular weight is 505 g/mol. The van der Waals surface area contributed by atoms with Crippen LogP contribution < -0.4 is 0 Å². The second kappa shape index (κ2) is 7.71. The van der Waals surface area contributed by atoms with Gasteiger partial charge in [0, 0.05) is 27.9 Å². The zero-order valence-corrected chi connectivity index (χ0v) is 18.6. The zero-order valence-electron chi connectivity index (χ0n) is 17.0. The lowest BCUT2D eigenvalue weighted by atomic mass is 10.1. The fraction of sp³-hybridized carbons (Fsp3) is 0.0455. The summed E-state index contributed by atoms with van der Waals surface area (Å²) in [5, 5.41) is 22.9. The molecular formula is C22H13BrN6O4. The number of aromatic nitrogens is 4. The van der Waals surface area contributed by atoms with E-state index in [0.717, 1.165) is 16.1 Å². The number of nitro groups is 2. The Balaban J connectivity index is 1.89. The second-order valence-corrected chi connectivity index (χ2v) is 8.17. The summed E-state index contributed by atoms with van der Waals surface area (Å²) in [7, 11) is 0. The minimum Gasteiger partial charge on any atom is -0.275 e. The Morgan fingerprint density at radius 3 is 2.09 bits per heavy atom. The molecule has 0 N–H and O–H groups in total. The number of aryl methyl sites for hydroxylation is 1. The number of nitro benzene ring substituents is 2. The Morgan fingerprint density at radius 2 is 1.48 bits per heavy atom. The molecule has 5 rings (SSSR count). The lowest BCUT2D eigenvalue weighted by Gasteiger charge is -2.11. The Labute approximate surface area is 194 Å². The molecule has 0 atom stereocenters. The number of rotatable bonds is 4. The topological polar surface area (TPSA) is 130 Å². The van der Waals surface area contributed by atoms with Crippen LogP contribution in [0.4, 0.5) is 11.4 Å². The third kappa shape index (κ3) is 3.57. The number of halogens is 1. The van der Waals surface area contributed by atoms with Gasteiger partial charge in [0.15, 0.2) is 11.3 Å². The van der Waals surface area contributed by atoms with Crippen molar-refractivity contribution in [3.05, 3.63) is 90.9 Å². The molecule has 0 fully saturated rings. The number of fused-ring (bicyclic) bond motifs is 2. The highest BCUT2D eigenvalue weighted by Crippen LogP contribution is 2.34. The maximum absolute atomic E-state index is 11.5. The Hall–Kier alpha value is -4.25. The molecule has 0 saturated heterocycles. The van der Waals surface area contributed by atoms with E-state index in [4.69, 9.17) is 4.98 Å². The first kappa shape index (κ1) is 20.6. The molecule has 2 heterocycles. The number of non-ortho nitro benzene ring substituents is 2. The van der Waals surface area contributed by atoms with Gasteiger partial charge < -0.3 is 0 Å². The van der Waals surface area contributed by atoms with Crippen molar-refractivity contribution in [1.29, 1.82) is 0 Å². The summed E-state index contributed by atoms with van der Waals surface area (Å²) in [6.07, 6.45) is 0. The molecule has 0 aliphatic carbocycles. The molecule has 0 aliphatic heterocycles. The van der Waals surface area contributed by atoms with Gasteiger partial charge in [-0.15, -0.1) is 0 Å². The molecule has 33 heavy (non-hydrogen) atoms. The highest BCUT2D eigenvalue weighted by molar-refractivity contribution is 9.10. The van der Waals surface area contributed by atoms with Crippen LogP contribution in [-0.4, -0.2) is 29.4 Å². The standard InChI is InChI=1S/C22H13BrN6O4/c1-12-8-14(6-7-17(12)23)27-21(13-9-15(28(30)31)11-16(10-13)29(32)33)26-20-22(27)25-19-5-3-2-4-18(19)24-20/h2-11H,1H3. The van der Waals surface area contributed by atoms with Crippen molar-refractivity contribution in [3.63, 3.8) is 0 Å². The lowest BCUT2D eigenvalue weighted by molar-refractivity contribution is -0.394. The van der Waals surface area contributed by atoms with Gasteiger partial charge in [-0.1, -0.05) is 28.1 Å². The van der Waals surface area contributed by atoms with Crippen molar-refractivity contribution in [2.45, 2.75) is 6.92 Å². The summed E-state index contributed by atoms with van der Waals surface area (Å²) in [4.78, 5) is 35.5. The number of nitrogens with zero attached hydrogens (tertiary/aromatic N) is 6. The van der Waals surface area contributed by atoms with Crippen LogP contribution in [0.15, 0.2) is 65.1 Å². The van der Waals surface area contributed by atoms with Crippen molar-refractivity contribution >= 4 is 49.6 Å². The molecule has 10 nitrogen and oxygen atoms in total. The van der Waals surface area contributed by atoms with Crippen molar-refractivity contribution < 1.29 is 9.85 Å². The van der Waals surface area contributed by atoms with E-state index >= 15 is 0 Å². The van der Waals surface area contributed by atoms with Gasteiger partial charge in [-0.25, -0.2) is 15.0 Å². The first-order valence-corrected chi connectivity index (χ1v) is 10.5.